The summed E-state index contributed by atoms with van der Waals surface area (Å²) in [5.74, 6) is 0. The van der Waals surface area contributed by atoms with Gasteiger partial charge in [-0.05, 0) is 24.7 Å². The zero-order valence-corrected chi connectivity index (χ0v) is 9.28. The Kier molecular flexibility index (Phi) is 4.25. The van der Waals surface area contributed by atoms with E-state index in [9.17, 15) is 5.11 Å². The fraction of sp³-hybridized carbons (Fsp3) is 1.00. The fourth-order valence-corrected chi connectivity index (χ4v) is 2.06. The number of aliphatic hydroxyl groups is 1. The van der Waals surface area contributed by atoms with Gasteiger partial charge in [-0.2, -0.15) is 0 Å². The molecular formula is C11H24O. The van der Waals surface area contributed by atoms with Crippen LogP contribution in [-0.2, 0) is 0 Å². The molecule has 0 bridgehead atoms. The third-order valence-corrected chi connectivity index (χ3v) is 3.30. The van der Waals surface area contributed by atoms with E-state index in [-0.39, 0.29) is 5.41 Å². The highest BCUT2D eigenvalue weighted by molar-refractivity contribution is 4.90. The predicted octanol–water partition coefficient (Wildman–Crippen LogP) is 3.36. The van der Waals surface area contributed by atoms with Crippen molar-refractivity contribution in [1.82, 2.24) is 0 Å². The first-order valence-electron chi connectivity index (χ1n) is 5.16. The van der Waals surface area contributed by atoms with Crippen LogP contribution in [-0.4, -0.2) is 10.7 Å². The van der Waals surface area contributed by atoms with Crippen molar-refractivity contribution in [3.63, 3.8) is 0 Å². The van der Waals surface area contributed by atoms with E-state index in [2.05, 4.69) is 34.6 Å². The summed E-state index contributed by atoms with van der Waals surface area (Å²) < 4.78 is 0. The molecule has 0 radical (unpaired) electrons. The topological polar surface area (TPSA) is 20.2 Å². The predicted molar refractivity (Wildman–Crippen MR) is 54.2 cm³/mol. The standard InChI is InChI=1S/C11H24O/c1-6-9-10(4,5)11(12,7-2)8-3/h12H,6-9H2,1-5H3. The third-order valence-electron chi connectivity index (χ3n) is 3.30. The molecule has 1 nitrogen and oxygen atoms in total. The van der Waals surface area contributed by atoms with Crippen molar-refractivity contribution in [2.24, 2.45) is 5.41 Å². The third kappa shape index (κ3) is 2.22. The Hall–Kier alpha value is -0.0400. The summed E-state index contributed by atoms with van der Waals surface area (Å²) in [6.07, 6.45) is 3.97. The van der Waals surface area contributed by atoms with Gasteiger partial charge in [0.2, 0.25) is 0 Å². The van der Waals surface area contributed by atoms with Crippen LogP contribution < -0.4 is 0 Å². The van der Waals surface area contributed by atoms with Crippen molar-refractivity contribution in [3.05, 3.63) is 0 Å². The Balaban J connectivity index is 4.46. The molecule has 0 unspecified atom stereocenters. The molecule has 0 saturated carbocycles. The summed E-state index contributed by atoms with van der Waals surface area (Å²) in [6.45, 7) is 10.7. The van der Waals surface area contributed by atoms with Gasteiger partial charge in [-0.25, -0.2) is 0 Å². The molecule has 0 aromatic carbocycles. The zero-order chi connectivity index (χ0) is 9.83. The lowest BCUT2D eigenvalue weighted by Crippen LogP contribution is -2.43. The summed E-state index contributed by atoms with van der Waals surface area (Å²) in [6, 6.07) is 0. The molecule has 0 aliphatic rings. The lowest BCUT2D eigenvalue weighted by Gasteiger charge is -2.42. The summed E-state index contributed by atoms with van der Waals surface area (Å²) in [7, 11) is 0. The van der Waals surface area contributed by atoms with Crippen LogP contribution in [0.3, 0.4) is 0 Å². The Morgan fingerprint density at radius 1 is 1.00 bits per heavy atom. The van der Waals surface area contributed by atoms with E-state index in [0.717, 1.165) is 25.7 Å². The van der Waals surface area contributed by atoms with E-state index in [1.54, 1.807) is 0 Å². The molecule has 0 aliphatic carbocycles. The van der Waals surface area contributed by atoms with Crippen LogP contribution in [0.2, 0.25) is 0 Å². The van der Waals surface area contributed by atoms with Gasteiger partial charge in [0.1, 0.15) is 0 Å². The van der Waals surface area contributed by atoms with E-state index in [1.165, 1.54) is 0 Å². The van der Waals surface area contributed by atoms with E-state index >= 15 is 0 Å². The highest BCUT2D eigenvalue weighted by Crippen LogP contribution is 2.39. The molecule has 0 rings (SSSR count). The van der Waals surface area contributed by atoms with Crippen LogP contribution in [0, 0.1) is 5.41 Å². The summed E-state index contributed by atoms with van der Waals surface area (Å²) in [5.41, 5.74) is -0.408. The first-order chi connectivity index (χ1) is 5.43. The molecule has 0 fully saturated rings. The van der Waals surface area contributed by atoms with Crippen molar-refractivity contribution in [2.75, 3.05) is 0 Å². The smallest absolute Gasteiger partial charge is 0.0693 e. The van der Waals surface area contributed by atoms with Gasteiger partial charge >= 0.3 is 0 Å². The molecule has 0 amide bonds. The number of rotatable bonds is 5. The lowest BCUT2D eigenvalue weighted by atomic mass is 9.69. The monoisotopic (exact) mass is 172 g/mol. The second-order valence-corrected chi connectivity index (χ2v) is 4.37. The van der Waals surface area contributed by atoms with E-state index in [1.807, 2.05) is 0 Å². The van der Waals surface area contributed by atoms with Gasteiger partial charge in [-0.3, -0.25) is 0 Å². The summed E-state index contributed by atoms with van der Waals surface area (Å²) in [4.78, 5) is 0. The minimum atomic E-state index is -0.469. The first kappa shape index (κ1) is 12.0. The maximum absolute atomic E-state index is 10.3. The average Bonchev–Trinajstić information content (AvgIpc) is 2.02. The molecule has 0 spiro atoms. The summed E-state index contributed by atoms with van der Waals surface area (Å²) in [5, 5.41) is 10.3. The van der Waals surface area contributed by atoms with Crippen molar-refractivity contribution >= 4 is 0 Å². The van der Waals surface area contributed by atoms with Crippen LogP contribution in [0.25, 0.3) is 0 Å². The molecule has 0 aromatic heterocycles. The van der Waals surface area contributed by atoms with Crippen LogP contribution in [0.1, 0.15) is 60.3 Å². The van der Waals surface area contributed by atoms with Gasteiger partial charge in [0.25, 0.3) is 0 Å². The van der Waals surface area contributed by atoms with Crippen LogP contribution in [0.4, 0.5) is 0 Å². The molecule has 1 N–H and O–H groups in total. The second kappa shape index (κ2) is 4.27. The van der Waals surface area contributed by atoms with Gasteiger partial charge in [0, 0.05) is 0 Å². The van der Waals surface area contributed by atoms with E-state index < -0.39 is 5.60 Å². The molecule has 74 valence electrons. The second-order valence-electron chi connectivity index (χ2n) is 4.37. The molecule has 0 aliphatic heterocycles. The molecule has 1 heteroatoms. The van der Waals surface area contributed by atoms with E-state index in [4.69, 9.17) is 0 Å². The molecule has 0 heterocycles. The minimum Gasteiger partial charge on any atom is -0.389 e. The highest BCUT2D eigenvalue weighted by atomic mass is 16.3. The number of hydrogen-bond acceptors (Lipinski definition) is 1. The molecule has 0 aromatic rings. The van der Waals surface area contributed by atoms with Gasteiger partial charge < -0.3 is 5.11 Å². The van der Waals surface area contributed by atoms with Gasteiger partial charge in [0.05, 0.1) is 5.60 Å². The first-order valence-corrected chi connectivity index (χ1v) is 5.16. The number of hydrogen-bond donors (Lipinski definition) is 1. The molecule has 0 atom stereocenters. The zero-order valence-electron chi connectivity index (χ0n) is 9.28. The Labute approximate surface area is 77.2 Å². The molecular weight excluding hydrogens is 148 g/mol. The maximum atomic E-state index is 10.3. The SMILES string of the molecule is CCCC(C)(C)C(O)(CC)CC. The van der Waals surface area contributed by atoms with E-state index in [0.29, 0.717) is 0 Å². The van der Waals surface area contributed by atoms with Crippen LogP contribution in [0.15, 0.2) is 0 Å². The molecule has 12 heavy (non-hydrogen) atoms. The lowest BCUT2D eigenvalue weighted by molar-refractivity contribution is -0.0773. The quantitative estimate of drug-likeness (QED) is 0.674. The minimum absolute atomic E-state index is 0.0608. The van der Waals surface area contributed by atoms with Gasteiger partial charge in [-0.1, -0.05) is 41.0 Å². The van der Waals surface area contributed by atoms with Crippen LogP contribution in [0.5, 0.6) is 0 Å². The normalized spacial score (nSPS) is 13.5. The van der Waals surface area contributed by atoms with Crippen molar-refractivity contribution in [2.45, 2.75) is 65.9 Å². The Morgan fingerprint density at radius 2 is 1.42 bits per heavy atom. The fourth-order valence-electron chi connectivity index (χ4n) is 2.06. The van der Waals surface area contributed by atoms with Crippen LogP contribution >= 0.6 is 0 Å². The van der Waals surface area contributed by atoms with Crippen molar-refractivity contribution in [1.29, 1.82) is 0 Å². The molecule has 0 saturated heterocycles. The summed E-state index contributed by atoms with van der Waals surface area (Å²) >= 11 is 0. The van der Waals surface area contributed by atoms with Crippen molar-refractivity contribution < 1.29 is 5.11 Å². The highest BCUT2D eigenvalue weighted by Gasteiger charge is 2.39. The maximum Gasteiger partial charge on any atom is 0.0693 e. The largest absolute Gasteiger partial charge is 0.389 e. The van der Waals surface area contributed by atoms with Gasteiger partial charge in [-0.15, -0.1) is 0 Å². The average molecular weight is 172 g/mol. The van der Waals surface area contributed by atoms with Crippen molar-refractivity contribution in [3.8, 4) is 0 Å². The Bertz CT molecular complexity index is 123. The Morgan fingerprint density at radius 3 is 1.67 bits per heavy atom. The van der Waals surface area contributed by atoms with Gasteiger partial charge in [0.15, 0.2) is 0 Å².